The minimum Gasteiger partial charge on any atom is -0.390 e. The van der Waals surface area contributed by atoms with Crippen molar-refractivity contribution in [2.45, 2.75) is 57.7 Å². The van der Waals surface area contributed by atoms with Crippen molar-refractivity contribution in [1.29, 1.82) is 0 Å². The van der Waals surface area contributed by atoms with Crippen molar-refractivity contribution >= 4 is 0 Å². The fourth-order valence-electron chi connectivity index (χ4n) is 4.03. The van der Waals surface area contributed by atoms with Crippen LogP contribution in [0.3, 0.4) is 0 Å². The maximum absolute atomic E-state index is 10.2. The summed E-state index contributed by atoms with van der Waals surface area (Å²) in [6, 6.07) is 0. The van der Waals surface area contributed by atoms with Crippen LogP contribution in [0.2, 0.25) is 0 Å². The molecule has 0 aromatic heterocycles. The molecule has 3 rings (SSSR count). The van der Waals surface area contributed by atoms with E-state index in [9.17, 15) is 5.11 Å². The predicted molar refractivity (Wildman–Crippen MR) is 67.7 cm³/mol. The van der Waals surface area contributed by atoms with Gasteiger partial charge in [-0.2, -0.15) is 0 Å². The molecule has 3 aliphatic rings. The Morgan fingerprint density at radius 1 is 1.35 bits per heavy atom. The van der Waals surface area contributed by atoms with Gasteiger partial charge in [-0.1, -0.05) is 26.0 Å². The van der Waals surface area contributed by atoms with Gasteiger partial charge in [0, 0.05) is 0 Å². The van der Waals surface area contributed by atoms with Crippen LogP contribution < -0.4 is 0 Å². The highest BCUT2D eigenvalue weighted by molar-refractivity contribution is 5.15. The summed E-state index contributed by atoms with van der Waals surface area (Å²) in [4.78, 5) is 0. The number of hydrogen-bond donors (Lipinski definition) is 1. The topological polar surface area (TPSA) is 32.8 Å². The highest BCUT2D eigenvalue weighted by Gasteiger charge is 2.55. The molecule has 2 saturated carbocycles. The van der Waals surface area contributed by atoms with E-state index in [1.54, 1.807) is 0 Å². The molecule has 96 valence electrons. The van der Waals surface area contributed by atoms with Crippen LogP contribution in [0.4, 0.5) is 0 Å². The summed E-state index contributed by atoms with van der Waals surface area (Å²) in [6.07, 6.45) is 5.03. The maximum Gasteiger partial charge on any atom is 0.117 e. The second-order valence-electron chi connectivity index (χ2n) is 7.01. The van der Waals surface area contributed by atoms with Gasteiger partial charge in [-0.05, 0) is 49.4 Å². The molecular formula is C15H24O2. The van der Waals surface area contributed by atoms with Gasteiger partial charge in [0.05, 0.1) is 12.7 Å². The normalized spacial score (nSPS) is 48.6. The fourth-order valence-corrected chi connectivity index (χ4v) is 4.03. The number of ether oxygens (including phenoxy) is 1. The fraction of sp³-hybridized carbons (Fsp3) is 0.867. The molecule has 0 amide bonds. The van der Waals surface area contributed by atoms with Crippen LogP contribution >= 0.6 is 0 Å². The third-order valence-electron chi connectivity index (χ3n) is 5.50. The third kappa shape index (κ3) is 1.77. The van der Waals surface area contributed by atoms with Crippen LogP contribution in [0, 0.1) is 17.3 Å². The Bertz CT molecular complexity index is 341. The molecule has 0 unspecified atom stereocenters. The molecule has 1 aliphatic heterocycles. The van der Waals surface area contributed by atoms with Crippen LogP contribution in [-0.2, 0) is 4.74 Å². The molecule has 17 heavy (non-hydrogen) atoms. The first-order valence-electron chi connectivity index (χ1n) is 6.94. The van der Waals surface area contributed by atoms with Crippen molar-refractivity contribution in [2.24, 2.45) is 17.3 Å². The summed E-state index contributed by atoms with van der Waals surface area (Å²) in [5.41, 5.74) is 1.64. The van der Waals surface area contributed by atoms with Gasteiger partial charge in [-0.3, -0.25) is 0 Å². The molecule has 3 fully saturated rings. The molecule has 0 aromatic rings. The number of aliphatic hydroxyl groups excluding tert-OH is 1. The van der Waals surface area contributed by atoms with Gasteiger partial charge >= 0.3 is 0 Å². The van der Waals surface area contributed by atoms with E-state index in [1.807, 2.05) is 0 Å². The summed E-state index contributed by atoms with van der Waals surface area (Å²) in [6.45, 7) is 9.76. The minimum atomic E-state index is -0.278. The first-order chi connectivity index (χ1) is 7.95. The molecule has 2 heteroatoms. The molecule has 1 heterocycles. The SMILES string of the molecule is C=C1CC[C@@H](O)[C@]2(CC[C@@H]3[C@@H]1CC3(C)C)CO2. The van der Waals surface area contributed by atoms with E-state index in [-0.39, 0.29) is 11.7 Å². The number of epoxide rings is 1. The second-order valence-corrected chi connectivity index (χ2v) is 7.01. The lowest BCUT2D eigenvalue weighted by Crippen LogP contribution is -2.44. The molecule has 4 atom stereocenters. The smallest absolute Gasteiger partial charge is 0.117 e. The predicted octanol–water partition coefficient (Wildman–Crippen LogP) is 2.91. The Morgan fingerprint density at radius 2 is 2.06 bits per heavy atom. The van der Waals surface area contributed by atoms with Crippen LogP contribution in [0.1, 0.15) is 46.0 Å². The molecule has 1 saturated heterocycles. The van der Waals surface area contributed by atoms with E-state index in [0.717, 1.165) is 31.8 Å². The molecule has 1 N–H and O–H groups in total. The Kier molecular flexibility index (Phi) is 2.47. The average Bonchev–Trinajstić information content (AvgIpc) is 3.02. The zero-order valence-corrected chi connectivity index (χ0v) is 11.0. The summed E-state index contributed by atoms with van der Waals surface area (Å²) in [5.74, 6) is 1.45. The molecular weight excluding hydrogens is 212 g/mol. The standard InChI is InChI=1S/C15H24O2/c1-10-4-5-13(16)15(9-17-15)7-6-12-11(10)8-14(12,2)3/h11-13,16H,1,4-9H2,2-3H3/t11-,12-,13-,15+/m1/s1. The zero-order chi connectivity index (χ0) is 12.3. The Hall–Kier alpha value is -0.340. The van der Waals surface area contributed by atoms with Crippen LogP contribution in [0.25, 0.3) is 0 Å². The summed E-state index contributed by atoms with van der Waals surface area (Å²) in [7, 11) is 0. The number of fused-ring (bicyclic) bond motifs is 1. The second kappa shape index (κ2) is 3.58. The molecule has 2 aliphatic carbocycles. The molecule has 0 bridgehead atoms. The summed E-state index contributed by atoms with van der Waals surface area (Å²) < 4.78 is 5.57. The van der Waals surface area contributed by atoms with Gasteiger partial charge in [0.25, 0.3) is 0 Å². The largest absolute Gasteiger partial charge is 0.390 e. The van der Waals surface area contributed by atoms with Gasteiger partial charge in [0.2, 0.25) is 0 Å². The van der Waals surface area contributed by atoms with Crippen molar-refractivity contribution < 1.29 is 9.84 Å². The van der Waals surface area contributed by atoms with Gasteiger partial charge in [0.15, 0.2) is 0 Å². The highest BCUT2D eigenvalue weighted by Crippen LogP contribution is 2.58. The van der Waals surface area contributed by atoms with E-state index in [2.05, 4.69) is 20.4 Å². The van der Waals surface area contributed by atoms with Crippen LogP contribution in [0.5, 0.6) is 0 Å². The number of rotatable bonds is 0. The first-order valence-corrected chi connectivity index (χ1v) is 6.94. The lowest BCUT2D eigenvalue weighted by molar-refractivity contribution is -0.00505. The van der Waals surface area contributed by atoms with Crippen LogP contribution in [0.15, 0.2) is 12.2 Å². The van der Waals surface area contributed by atoms with Crippen molar-refractivity contribution in [2.75, 3.05) is 6.61 Å². The Labute approximate surface area is 104 Å². The summed E-state index contributed by atoms with van der Waals surface area (Å²) >= 11 is 0. The monoisotopic (exact) mass is 236 g/mol. The molecule has 0 radical (unpaired) electrons. The summed E-state index contributed by atoms with van der Waals surface area (Å²) in [5, 5.41) is 10.2. The third-order valence-corrected chi connectivity index (χ3v) is 5.50. The highest BCUT2D eigenvalue weighted by atomic mass is 16.6. The maximum atomic E-state index is 10.2. The van der Waals surface area contributed by atoms with Crippen molar-refractivity contribution in [3.05, 3.63) is 12.2 Å². The van der Waals surface area contributed by atoms with Gasteiger partial charge in [-0.15, -0.1) is 0 Å². The van der Waals surface area contributed by atoms with E-state index in [1.165, 1.54) is 18.4 Å². The van der Waals surface area contributed by atoms with Crippen molar-refractivity contribution in [3.8, 4) is 0 Å². The number of hydrogen-bond acceptors (Lipinski definition) is 2. The first kappa shape index (κ1) is 11.7. The van der Waals surface area contributed by atoms with E-state index < -0.39 is 0 Å². The Morgan fingerprint density at radius 3 is 2.65 bits per heavy atom. The van der Waals surface area contributed by atoms with E-state index in [0.29, 0.717) is 11.3 Å². The molecule has 1 spiro atoms. The minimum absolute atomic E-state index is 0.180. The lowest BCUT2D eigenvalue weighted by atomic mass is 9.52. The number of allylic oxidation sites excluding steroid dienone is 1. The van der Waals surface area contributed by atoms with Crippen molar-refractivity contribution in [3.63, 3.8) is 0 Å². The average molecular weight is 236 g/mol. The van der Waals surface area contributed by atoms with Gasteiger partial charge in [-0.25, -0.2) is 0 Å². The Balaban J connectivity index is 1.78. The quantitative estimate of drug-likeness (QED) is 0.518. The van der Waals surface area contributed by atoms with E-state index >= 15 is 0 Å². The number of aliphatic hydroxyl groups is 1. The zero-order valence-electron chi connectivity index (χ0n) is 11.0. The van der Waals surface area contributed by atoms with Crippen molar-refractivity contribution in [1.82, 2.24) is 0 Å². The van der Waals surface area contributed by atoms with Gasteiger partial charge < -0.3 is 9.84 Å². The van der Waals surface area contributed by atoms with E-state index in [4.69, 9.17) is 4.74 Å². The molecule has 2 nitrogen and oxygen atoms in total. The lowest BCUT2D eigenvalue weighted by Gasteiger charge is -2.53. The van der Waals surface area contributed by atoms with Gasteiger partial charge in [0.1, 0.15) is 5.60 Å². The van der Waals surface area contributed by atoms with Crippen LogP contribution in [-0.4, -0.2) is 23.4 Å². The molecule has 0 aromatic carbocycles.